The zero-order chi connectivity index (χ0) is 41.2. The molecule has 1 heterocycles. The van der Waals surface area contributed by atoms with E-state index in [1.54, 1.807) is 0 Å². The summed E-state index contributed by atoms with van der Waals surface area (Å²) in [6.45, 7) is 0. The van der Waals surface area contributed by atoms with E-state index in [-0.39, 0.29) is 0 Å². The summed E-state index contributed by atoms with van der Waals surface area (Å²) in [7, 11) is 0. The van der Waals surface area contributed by atoms with Gasteiger partial charge in [-0.15, -0.1) is 0 Å². The smallest absolute Gasteiger partial charge is 0.143 e. The van der Waals surface area contributed by atoms with E-state index in [1.807, 2.05) is 12.1 Å². The van der Waals surface area contributed by atoms with Crippen molar-refractivity contribution in [2.45, 2.75) is 0 Å². The third kappa shape index (κ3) is 7.14. The van der Waals surface area contributed by atoms with Gasteiger partial charge in [0, 0.05) is 33.4 Å². The van der Waals surface area contributed by atoms with Crippen LogP contribution < -0.4 is 4.90 Å². The van der Waals surface area contributed by atoms with Crippen molar-refractivity contribution in [3.8, 4) is 66.8 Å². The summed E-state index contributed by atoms with van der Waals surface area (Å²) in [4.78, 5) is 2.33. The van der Waals surface area contributed by atoms with E-state index in [0.29, 0.717) is 0 Å². The van der Waals surface area contributed by atoms with Crippen molar-refractivity contribution < 1.29 is 4.42 Å². The van der Waals surface area contributed by atoms with E-state index in [4.69, 9.17) is 4.42 Å². The lowest BCUT2D eigenvalue weighted by atomic mass is 9.98. The Labute approximate surface area is 362 Å². The topological polar surface area (TPSA) is 16.4 Å². The molecule has 0 spiro atoms. The van der Waals surface area contributed by atoms with E-state index in [1.165, 1.54) is 55.6 Å². The molecule has 0 amide bonds. The van der Waals surface area contributed by atoms with Crippen LogP contribution in [0.3, 0.4) is 0 Å². The van der Waals surface area contributed by atoms with Gasteiger partial charge in [0.2, 0.25) is 0 Å². The summed E-state index contributed by atoms with van der Waals surface area (Å²) in [5.41, 5.74) is 19.2. The van der Waals surface area contributed by atoms with Crippen molar-refractivity contribution in [2.75, 3.05) is 4.90 Å². The summed E-state index contributed by atoms with van der Waals surface area (Å²) in [6.07, 6.45) is 0. The molecule has 2 nitrogen and oxygen atoms in total. The molecule has 11 aromatic rings. The lowest BCUT2D eigenvalue weighted by molar-refractivity contribution is 0.670. The van der Waals surface area contributed by atoms with Gasteiger partial charge in [-0.1, -0.05) is 206 Å². The summed E-state index contributed by atoms with van der Waals surface area (Å²) in [5, 5.41) is 2.27. The van der Waals surface area contributed by atoms with Crippen LogP contribution in [0, 0.1) is 0 Å². The average Bonchev–Trinajstić information content (AvgIpc) is 3.75. The molecule has 292 valence electrons. The van der Waals surface area contributed by atoms with E-state index in [0.717, 1.165) is 50.1 Å². The molecule has 0 bridgehead atoms. The lowest BCUT2D eigenvalue weighted by Crippen LogP contribution is -2.09. The highest BCUT2D eigenvalue weighted by atomic mass is 16.3. The number of hydrogen-bond acceptors (Lipinski definition) is 2. The summed E-state index contributed by atoms with van der Waals surface area (Å²) < 4.78 is 6.42. The van der Waals surface area contributed by atoms with Gasteiger partial charge in [-0.2, -0.15) is 0 Å². The minimum absolute atomic E-state index is 0.904. The molecule has 1 aromatic heterocycles. The highest BCUT2D eigenvalue weighted by molar-refractivity contribution is 6.09. The molecule has 0 radical (unpaired) electrons. The fourth-order valence-electron chi connectivity index (χ4n) is 8.64. The maximum atomic E-state index is 6.42. The number of para-hydroxylation sites is 2. The van der Waals surface area contributed by atoms with Crippen LogP contribution in [-0.2, 0) is 0 Å². The predicted octanol–water partition coefficient (Wildman–Crippen LogP) is 17.1. The summed E-state index contributed by atoms with van der Waals surface area (Å²) >= 11 is 0. The Kier molecular flexibility index (Phi) is 9.57. The van der Waals surface area contributed by atoms with Crippen LogP contribution in [0.5, 0.6) is 0 Å². The van der Waals surface area contributed by atoms with E-state index < -0.39 is 0 Å². The molecule has 2 heteroatoms. The molecule has 0 aliphatic heterocycles. The zero-order valence-corrected chi connectivity index (χ0v) is 34.0. The van der Waals surface area contributed by atoms with E-state index in [2.05, 4.69) is 241 Å². The number of nitrogens with zero attached hydrogens (tertiary/aromatic N) is 1. The third-order valence-electron chi connectivity index (χ3n) is 12.0. The quantitative estimate of drug-likeness (QED) is 0.145. The van der Waals surface area contributed by atoms with Crippen LogP contribution in [0.2, 0.25) is 0 Å². The second-order valence-corrected chi connectivity index (χ2v) is 15.7. The highest BCUT2D eigenvalue weighted by Gasteiger charge is 2.16. The van der Waals surface area contributed by atoms with Crippen LogP contribution in [0.4, 0.5) is 17.1 Å². The third-order valence-corrected chi connectivity index (χ3v) is 12.0. The summed E-state index contributed by atoms with van der Waals surface area (Å²) in [5.74, 6) is 0. The SMILES string of the molecule is c1ccc(-c2ccc(-c3ccc(-c4ccc(N(c5ccc(-c6ccc(-c7ccccc7)cc6)cc5)c5ccc(-c6cccc7c6oc6ccccc67)cc5)cc4)cc3)cc2)cc1. The first-order chi connectivity index (χ1) is 30.7. The van der Waals surface area contributed by atoms with Gasteiger partial charge in [-0.3, -0.25) is 0 Å². The number of anilines is 3. The van der Waals surface area contributed by atoms with Crippen LogP contribution in [-0.4, -0.2) is 0 Å². The molecule has 0 aliphatic rings. The Bertz CT molecular complexity index is 3260. The number of fused-ring (bicyclic) bond motifs is 3. The van der Waals surface area contributed by atoms with Gasteiger partial charge < -0.3 is 9.32 Å². The molecule has 0 unspecified atom stereocenters. The fraction of sp³-hybridized carbons (Fsp3) is 0. The zero-order valence-electron chi connectivity index (χ0n) is 34.0. The second-order valence-electron chi connectivity index (χ2n) is 15.7. The largest absolute Gasteiger partial charge is 0.455 e. The monoisotopic (exact) mass is 791 g/mol. The maximum absolute atomic E-state index is 6.42. The first-order valence-electron chi connectivity index (χ1n) is 21.2. The normalized spacial score (nSPS) is 11.2. The standard InChI is InChI=1S/C60H41NO/c1-3-10-42(11-4-1)44-18-22-46(23-19-44)47-26-28-49(29-27-47)51-32-38-54(39-33-51)61(53-36-30-50(31-37-53)48-24-20-45(21-25-48)43-12-5-2-6-13-43)55-40-34-52(35-41-55)56-15-9-16-58-57-14-7-8-17-59(57)62-60(56)58/h1-41H. The Morgan fingerprint density at radius 1 is 0.226 bits per heavy atom. The van der Waals surface area contributed by atoms with Crippen LogP contribution in [0.15, 0.2) is 253 Å². The molecule has 0 saturated carbocycles. The van der Waals surface area contributed by atoms with E-state index in [9.17, 15) is 0 Å². The lowest BCUT2D eigenvalue weighted by Gasteiger charge is -2.26. The molecular formula is C60H41NO. The van der Waals surface area contributed by atoms with Gasteiger partial charge in [0.25, 0.3) is 0 Å². The van der Waals surface area contributed by atoms with E-state index >= 15 is 0 Å². The Balaban J connectivity index is 0.902. The van der Waals surface area contributed by atoms with Crippen molar-refractivity contribution in [2.24, 2.45) is 0 Å². The molecule has 0 fully saturated rings. The van der Waals surface area contributed by atoms with Gasteiger partial charge in [-0.05, 0) is 104 Å². The molecule has 62 heavy (non-hydrogen) atoms. The van der Waals surface area contributed by atoms with Crippen molar-refractivity contribution >= 4 is 39.0 Å². The van der Waals surface area contributed by atoms with Crippen LogP contribution in [0.1, 0.15) is 0 Å². The van der Waals surface area contributed by atoms with Crippen molar-refractivity contribution in [1.29, 1.82) is 0 Å². The minimum Gasteiger partial charge on any atom is -0.455 e. The fourth-order valence-corrected chi connectivity index (χ4v) is 8.64. The first-order valence-corrected chi connectivity index (χ1v) is 21.2. The van der Waals surface area contributed by atoms with Gasteiger partial charge in [0.1, 0.15) is 11.2 Å². The molecule has 0 N–H and O–H groups in total. The molecular weight excluding hydrogens is 751 g/mol. The first kappa shape index (κ1) is 36.8. The van der Waals surface area contributed by atoms with Crippen LogP contribution >= 0.6 is 0 Å². The number of furan rings is 1. The summed E-state index contributed by atoms with van der Waals surface area (Å²) in [6, 6.07) is 88.9. The Hall–Kier alpha value is -8.20. The second kappa shape index (κ2) is 16.1. The highest BCUT2D eigenvalue weighted by Crippen LogP contribution is 2.40. The number of benzene rings is 10. The van der Waals surface area contributed by atoms with Crippen molar-refractivity contribution in [3.63, 3.8) is 0 Å². The van der Waals surface area contributed by atoms with Crippen molar-refractivity contribution in [3.05, 3.63) is 249 Å². The van der Waals surface area contributed by atoms with Gasteiger partial charge in [0.15, 0.2) is 0 Å². The molecule has 11 rings (SSSR count). The Morgan fingerprint density at radius 3 is 0.935 bits per heavy atom. The van der Waals surface area contributed by atoms with Crippen molar-refractivity contribution in [1.82, 2.24) is 0 Å². The van der Waals surface area contributed by atoms with Crippen LogP contribution in [0.25, 0.3) is 88.7 Å². The Morgan fingerprint density at radius 2 is 0.532 bits per heavy atom. The minimum atomic E-state index is 0.904. The number of rotatable bonds is 9. The molecule has 0 aliphatic carbocycles. The van der Waals surface area contributed by atoms with Gasteiger partial charge in [0.05, 0.1) is 0 Å². The predicted molar refractivity (Wildman–Crippen MR) is 261 cm³/mol. The number of hydrogen-bond donors (Lipinski definition) is 0. The average molecular weight is 792 g/mol. The van der Waals surface area contributed by atoms with Gasteiger partial charge >= 0.3 is 0 Å². The molecule has 0 saturated heterocycles. The molecule has 0 atom stereocenters. The maximum Gasteiger partial charge on any atom is 0.143 e. The van der Waals surface area contributed by atoms with Gasteiger partial charge in [-0.25, -0.2) is 0 Å². The molecule has 10 aromatic carbocycles.